The van der Waals surface area contributed by atoms with Crippen molar-refractivity contribution in [2.75, 3.05) is 34.5 Å². The van der Waals surface area contributed by atoms with Gasteiger partial charge in [0.1, 0.15) is 0 Å². The lowest BCUT2D eigenvalue weighted by atomic mass is 10.7. The molecule has 0 spiro atoms. The van der Waals surface area contributed by atoms with Crippen LogP contribution in [0.3, 0.4) is 0 Å². The largest absolute Gasteiger partial charge is 0.155 e. The molecule has 0 aromatic carbocycles. The van der Waals surface area contributed by atoms with Crippen molar-refractivity contribution >= 4 is 68.3 Å². The summed E-state index contributed by atoms with van der Waals surface area (Å²) in [4.78, 5) is 0. The van der Waals surface area contributed by atoms with Crippen molar-refractivity contribution in [2.24, 2.45) is 0 Å². The summed E-state index contributed by atoms with van der Waals surface area (Å²) < 4.78 is 0. The van der Waals surface area contributed by atoms with E-state index < -0.39 is 0 Å². The van der Waals surface area contributed by atoms with Crippen molar-refractivity contribution in [1.82, 2.24) is 0 Å². The van der Waals surface area contributed by atoms with Crippen LogP contribution in [0.15, 0.2) is 23.2 Å². The van der Waals surface area contributed by atoms with Gasteiger partial charge in [0.05, 0.1) is 0 Å². The van der Waals surface area contributed by atoms with E-state index in [4.69, 9.17) is 23.2 Å². The summed E-state index contributed by atoms with van der Waals surface area (Å²) in [5, 5.41) is 1.47. The normalized spacial score (nSPS) is 10.4. The Morgan fingerprint density at radius 3 is 1.44 bits per heavy atom. The molecule has 0 aliphatic heterocycles. The Bertz CT molecular complexity index is 187. The van der Waals surface area contributed by atoms with Crippen LogP contribution in [-0.2, 0) is 0 Å². The van der Waals surface area contributed by atoms with Gasteiger partial charge >= 0.3 is 0 Å². The van der Waals surface area contributed by atoms with Gasteiger partial charge in [-0.1, -0.05) is 57.9 Å². The molecule has 0 fully saturated rings. The average molecular weight is 335 g/mol. The fraction of sp³-hybridized carbons (Fsp3) is 0.600. The minimum Gasteiger partial charge on any atom is -0.155 e. The predicted molar refractivity (Wildman–Crippen MR) is 89.6 cm³/mol. The SMILES string of the molecule is C=C(Cl)CSCCSSCCSCC(=C)Cl. The maximum atomic E-state index is 5.65. The van der Waals surface area contributed by atoms with Crippen molar-refractivity contribution in [1.29, 1.82) is 0 Å². The molecular formula is C10H16Cl2S4. The fourth-order valence-electron chi connectivity index (χ4n) is 0.670. The van der Waals surface area contributed by atoms with Gasteiger partial charge in [0.25, 0.3) is 0 Å². The van der Waals surface area contributed by atoms with E-state index in [1.54, 1.807) is 0 Å². The maximum absolute atomic E-state index is 5.65. The summed E-state index contributed by atoms with van der Waals surface area (Å²) in [7, 11) is 3.84. The Balaban J connectivity index is 2.98. The molecule has 0 bridgehead atoms. The average Bonchev–Trinajstić information content (AvgIpc) is 2.20. The van der Waals surface area contributed by atoms with E-state index in [0.717, 1.165) is 44.6 Å². The number of rotatable bonds is 11. The van der Waals surface area contributed by atoms with E-state index in [2.05, 4.69) is 13.2 Å². The minimum atomic E-state index is 0.736. The van der Waals surface area contributed by atoms with E-state index in [0.29, 0.717) is 0 Å². The molecule has 0 aliphatic rings. The first kappa shape index (κ1) is 17.5. The van der Waals surface area contributed by atoms with Gasteiger partial charge < -0.3 is 0 Å². The molecule has 16 heavy (non-hydrogen) atoms. The summed E-state index contributed by atoms with van der Waals surface area (Å²) in [6.07, 6.45) is 0. The molecule has 94 valence electrons. The third-order valence-electron chi connectivity index (χ3n) is 1.22. The quantitative estimate of drug-likeness (QED) is 0.369. The predicted octanol–water partition coefficient (Wildman–Crippen LogP) is 5.34. The second kappa shape index (κ2) is 12.9. The standard InChI is InChI=1S/C10H16Cl2S4/c1-9(11)7-13-3-5-15-16-6-4-14-8-10(2)12/h1-8H2. The molecule has 0 aromatic heterocycles. The third-order valence-corrected chi connectivity index (χ3v) is 6.82. The summed E-state index contributed by atoms with van der Waals surface area (Å²) >= 11 is 15.0. The third kappa shape index (κ3) is 15.5. The molecule has 6 heteroatoms. The maximum Gasteiger partial charge on any atom is 0.0286 e. The molecule has 0 unspecified atom stereocenters. The Kier molecular flexibility index (Phi) is 14.1. The zero-order valence-corrected chi connectivity index (χ0v) is 13.8. The van der Waals surface area contributed by atoms with Gasteiger partial charge in [-0.15, -0.1) is 0 Å². The molecule has 0 atom stereocenters. The molecule has 0 aromatic rings. The van der Waals surface area contributed by atoms with Crippen LogP contribution in [0.1, 0.15) is 0 Å². The molecule has 0 saturated carbocycles. The first-order chi connectivity index (χ1) is 7.63. The van der Waals surface area contributed by atoms with Crippen LogP contribution in [0.5, 0.6) is 0 Å². The molecule has 0 aliphatic carbocycles. The molecule has 0 N–H and O–H groups in total. The van der Waals surface area contributed by atoms with Gasteiger partial charge in [-0.2, -0.15) is 23.5 Å². The van der Waals surface area contributed by atoms with Crippen LogP contribution in [0, 0.1) is 0 Å². The number of thioether (sulfide) groups is 2. The van der Waals surface area contributed by atoms with Crippen LogP contribution < -0.4 is 0 Å². The minimum absolute atomic E-state index is 0.736. The zero-order chi connectivity index (χ0) is 12.2. The van der Waals surface area contributed by atoms with Gasteiger partial charge in [0.2, 0.25) is 0 Å². The Labute approximate surface area is 125 Å². The monoisotopic (exact) mass is 334 g/mol. The number of halogens is 2. The number of hydrogen-bond donors (Lipinski definition) is 0. The highest BCUT2D eigenvalue weighted by Crippen LogP contribution is 2.24. The van der Waals surface area contributed by atoms with Gasteiger partial charge in [-0.3, -0.25) is 0 Å². The van der Waals surface area contributed by atoms with Crippen molar-refractivity contribution in [3.8, 4) is 0 Å². The van der Waals surface area contributed by atoms with Gasteiger partial charge in [0, 0.05) is 44.6 Å². The second-order valence-corrected chi connectivity index (χ2v) is 8.77. The molecule has 0 heterocycles. The van der Waals surface area contributed by atoms with Crippen molar-refractivity contribution in [2.45, 2.75) is 0 Å². The fourth-order valence-corrected chi connectivity index (χ4v) is 5.52. The summed E-state index contributed by atoms with van der Waals surface area (Å²) in [5.74, 6) is 6.31. The first-order valence-electron chi connectivity index (χ1n) is 4.69. The lowest BCUT2D eigenvalue weighted by molar-refractivity contribution is 1.54. The summed E-state index contributed by atoms with van der Waals surface area (Å²) in [5.41, 5.74) is 0. The van der Waals surface area contributed by atoms with Gasteiger partial charge in [0.15, 0.2) is 0 Å². The molecular weight excluding hydrogens is 319 g/mol. The van der Waals surface area contributed by atoms with Crippen LogP contribution >= 0.6 is 68.3 Å². The van der Waals surface area contributed by atoms with Crippen molar-refractivity contribution in [3.63, 3.8) is 0 Å². The van der Waals surface area contributed by atoms with E-state index >= 15 is 0 Å². The lowest BCUT2D eigenvalue weighted by Gasteiger charge is -2.01. The highest BCUT2D eigenvalue weighted by atomic mass is 35.5. The highest BCUT2D eigenvalue weighted by Gasteiger charge is 1.95. The van der Waals surface area contributed by atoms with Crippen LogP contribution in [-0.4, -0.2) is 34.5 Å². The molecule has 0 amide bonds. The highest BCUT2D eigenvalue weighted by molar-refractivity contribution is 8.76. The lowest BCUT2D eigenvalue weighted by Crippen LogP contribution is -1.87. The topological polar surface area (TPSA) is 0 Å². The number of hydrogen-bond acceptors (Lipinski definition) is 4. The smallest absolute Gasteiger partial charge is 0.0286 e. The molecule has 0 rings (SSSR count). The zero-order valence-electron chi connectivity index (χ0n) is 9.05. The van der Waals surface area contributed by atoms with Crippen LogP contribution in [0.25, 0.3) is 0 Å². The van der Waals surface area contributed by atoms with Gasteiger partial charge in [-0.25, -0.2) is 0 Å². The Morgan fingerprint density at radius 1 is 0.750 bits per heavy atom. The molecule has 0 saturated heterocycles. The van der Waals surface area contributed by atoms with Crippen LogP contribution in [0.2, 0.25) is 0 Å². The second-order valence-electron chi connectivity index (χ2n) is 2.78. The van der Waals surface area contributed by atoms with Gasteiger partial charge in [-0.05, 0) is 0 Å². The molecule has 0 radical (unpaired) electrons. The Morgan fingerprint density at radius 2 is 1.12 bits per heavy atom. The Hall–Kier alpha value is 1.46. The van der Waals surface area contributed by atoms with Crippen molar-refractivity contribution < 1.29 is 0 Å². The molecule has 0 nitrogen and oxygen atoms in total. The summed E-state index contributed by atoms with van der Waals surface area (Å²) in [6, 6.07) is 0. The van der Waals surface area contributed by atoms with Crippen LogP contribution in [0.4, 0.5) is 0 Å². The van der Waals surface area contributed by atoms with Crippen molar-refractivity contribution in [3.05, 3.63) is 23.2 Å². The first-order valence-corrected chi connectivity index (χ1v) is 10.2. The van der Waals surface area contributed by atoms with E-state index in [1.165, 1.54) is 0 Å². The van der Waals surface area contributed by atoms with E-state index in [1.807, 2.05) is 45.1 Å². The van der Waals surface area contributed by atoms with E-state index in [9.17, 15) is 0 Å². The van der Waals surface area contributed by atoms with E-state index in [-0.39, 0.29) is 0 Å². The summed E-state index contributed by atoms with van der Waals surface area (Å²) in [6.45, 7) is 7.30.